The van der Waals surface area contributed by atoms with Crippen LogP contribution in [0.15, 0.2) is 36.4 Å². The van der Waals surface area contributed by atoms with Crippen molar-refractivity contribution < 1.29 is 121 Å². The van der Waals surface area contributed by atoms with E-state index >= 15 is 0 Å². The number of aliphatic hydroxyl groups is 7. The van der Waals surface area contributed by atoms with Crippen molar-refractivity contribution in [1.29, 1.82) is 0 Å². The van der Waals surface area contributed by atoms with Crippen LogP contribution in [-0.2, 0) is 85.5 Å². The summed E-state index contributed by atoms with van der Waals surface area (Å²) in [7, 11) is 0. The summed E-state index contributed by atoms with van der Waals surface area (Å²) in [4.78, 5) is 55.7. The van der Waals surface area contributed by atoms with Crippen LogP contribution in [0.4, 0.5) is 0 Å². The highest BCUT2D eigenvalue weighted by molar-refractivity contribution is 5.87. The number of unbranched alkanes of at least 4 members (excludes halogenated alkanes) is 10. The fraction of sp³-hybridized carbons (Fsp3) is 0.831. The lowest BCUT2D eigenvalue weighted by atomic mass is 9.95. The first-order chi connectivity index (χ1) is 46.0. The maximum atomic E-state index is 14.6. The monoisotopic (exact) mass is 1370 g/mol. The zero-order valence-electron chi connectivity index (χ0n) is 57.9. The minimum atomic E-state index is -1.95. The minimum absolute atomic E-state index is 0.0436. The van der Waals surface area contributed by atoms with E-state index in [1.807, 2.05) is 6.07 Å². The molecule has 25 heteroatoms. The van der Waals surface area contributed by atoms with Gasteiger partial charge in [-0.15, -0.1) is 0 Å². The lowest BCUT2D eigenvalue weighted by molar-refractivity contribution is -0.399. The van der Waals surface area contributed by atoms with Crippen LogP contribution < -0.4 is 0 Å². The van der Waals surface area contributed by atoms with E-state index in [4.69, 9.17) is 66.3 Å². The molecule has 0 saturated carbocycles. The Morgan fingerprint density at radius 2 is 1.04 bits per heavy atom. The van der Waals surface area contributed by atoms with Crippen molar-refractivity contribution in [2.75, 3.05) is 0 Å². The van der Waals surface area contributed by atoms with Crippen molar-refractivity contribution in [1.82, 2.24) is 0 Å². The van der Waals surface area contributed by atoms with Gasteiger partial charge in [0.2, 0.25) is 0 Å². The van der Waals surface area contributed by atoms with Crippen LogP contribution in [0.5, 0.6) is 0 Å². The van der Waals surface area contributed by atoms with Gasteiger partial charge in [0, 0.05) is 18.9 Å². The van der Waals surface area contributed by atoms with Crippen LogP contribution in [0.1, 0.15) is 216 Å². The molecule has 2 bridgehead atoms. The highest BCUT2D eigenvalue weighted by Gasteiger charge is 2.59. The van der Waals surface area contributed by atoms with Crippen LogP contribution in [0.3, 0.4) is 0 Å². The summed E-state index contributed by atoms with van der Waals surface area (Å²) in [6, 6.07) is 8.89. The molecule has 96 heavy (non-hydrogen) atoms. The van der Waals surface area contributed by atoms with Crippen molar-refractivity contribution >= 4 is 30.0 Å². The summed E-state index contributed by atoms with van der Waals surface area (Å²) in [6.45, 7) is 15.1. The molecule has 1 aromatic rings. The Morgan fingerprint density at radius 3 is 1.73 bits per heavy atom. The normalized spacial score (nSPS) is 38.5. The van der Waals surface area contributed by atoms with Crippen LogP contribution in [0, 0.1) is 5.92 Å². The summed E-state index contributed by atoms with van der Waals surface area (Å²) in [5.41, 5.74) is 0.664. The topological polar surface area (TPSA) is 339 Å². The molecule has 0 amide bonds. The fourth-order valence-electron chi connectivity index (χ4n) is 13.2. The molecule has 6 fully saturated rings. The average Bonchev–Trinajstić information content (AvgIpc) is 0.771. The zero-order chi connectivity index (χ0) is 69.6. The summed E-state index contributed by atoms with van der Waals surface area (Å²) >= 11 is 0. The first kappa shape index (κ1) is 79.5. The van der Waals surface area contributed by atoms with E-state index < -0.39 is 183 Å². The molecule has 7 N–H and O–H groups in total. The van der Waals surface area contributed by atoms with Gasteiger partial charge in [-0.2, -0.15) is 0 Å². The molecule has 0 aromatic heterocycles. The Morgan fingerprint density at radius 1 is 0.490 bits per heavy atom. The number of carbonyl (C=O) groups excluding carboxylic acids is 4. The molecule has 26 atom stereocenters. The second kappa shape index (κ2) is 40.0. The molecule has 6 saturated heterocycles. The van der Waals surface area contributed by atoms with Gasteiger partial charge < -0.3 is 102 Å². The van der Waals surface area contributed by atoms with Gasteiger partial charge in [-0.3, -0.25) is 14.4 Å². The van der Waals surface area contributed by atoms with E-state index in [0.717, 1.165) is 109 Å². The molecule has 548 valence electrons. The highest BCUT2D eigenvalue weighted by Crippen LogP contribution is 2.40. The van der Waals surface area contributed by atoms with E-state index in [9.17, 15) is 54.9 Å². The van der Waals surface area contributed by atoms with Crippen molar-refractivity contribution in [3.05, 3.63) is 42.0 Å². The summed E-state index contributed by atoms with van der Waals surface area (Å²) in [5.74, 6) is -3.71. The van der Waals surface area contributed by atoms with Crippen LogP contribution in [-0.4, -0.2) is 219 Å². The van der Waals surface area contributed by atoms with Crippen LogP contribution >= 0.6 is 0 Å². The van der Waals surface area contributed by atoms with Crippen molar-refractivity contribution in [3.8, 4) is 0 Å². The number of hydrogen-bond donors (Lipinski definition) is 7. The number of rotatable bonds is 26. The molecule has 0 aliphatic carbocycles. The number of hydrogen-bond acceptors (Lipinski definition) is 25. The third kappa shape index (κ3) is 22.8. The second-order valence-corrected chi connectivity index (χ2v) is 27.3. The molecular weight excluding hydrogens is 1250 g/mol. The van der Waals surface area contributed by atoms with Gasteiger partial charge in [0.15, 0.2) is 55.9 Å². The molecule has 0 radical (unpaired) electrons. The van der Waals surface area contributed by atoms with Crippen molar-refractivity contribution in [3.63, 3.8) is 0 Å². The number of aliphatic hydroxyl groups excluding tert-OH is 7. The summed E-state index contributed by atoms with van der Waals surface area (Å²) in [6.07, 6.45) is -18.2. The Labute approximate surface area is 566 Å². The Kier molecular flexibility index (Phi) is 33.1. The molecule has 0 spiro atoms. The third-order valence-corrected chi connectivity index (χ3v) is 19.1. The molecule has 6 heterocycles. The Hall–Kier alpha value is -3.84. The van der Waals surface area contributed by atoms with Crippen molar-refractivity contribution in [2.45, 2.75) is 370 Å². The van der Waals surface area contributed by atoms with E-state index in [2.05, 4.69) is 13.8 Å². The number of fused-ring (bicyclic) bond motifs is 3. The quantitative estimate of drug-likeness (QED) is 0.0208. The fourth-order valence-corrected chi connectivity index (χ4v) is 13.2. The molecular formula is C71H114O25. The number of ether oxygens (including phenoxy) is 14. The van der Waals surface area contributed by atoms with Crippen LogP contribution in [0.2, 0.25) is 0 Å². The lowest BCUT2D eigenvalue weighted by Gasteiger charge is -2.51. The predicted octanol–water partition coefficient (Wildman–Crippen LogP) is 7.21. The van der Waals surface area contributed by atoms with Gasteiger partial charge in [0.1, 0.15) is 67.1 Å². The average molecular weight is 1370 g/mol. The summed E-state index contributed by atoms with van der Waals surface area (Å²) < 4.78 is 89.6. The van der Waals surface area contributed by atoms with Gasteiger partial charge in [-0.25, -0.2) is 4.79 Å². The van der Waals surface area contributed by atoms with Gasteiger partial charge in [0.05, 0.1) is 42.5 Å². The largest absolute Gasteiger partial charge is 0.456 e. The third-order valence-electron chi connectivity index (χ3n) is 19.1. The maximum absolute atomic E-state index is 14.6. The number of carbonyl (C=O) groups is 4. The second-order valence-electron chi connectivity index (χ2n) is 27.3. The van der Waals surface area contributed by atoms with E-state index in [1.165, 1.54) is 26.8 Å². The summed E-state index contributed by atoms with van der Waals surface area (Å²) in [5, 5.41) is 81.8. The molecule has 6 aliphatic heterocycles. The first-order valence-corrected chi connectivity index (χ1v) is 35.9. The Balaban J connectivity index is 1.25. The predicted molar refractivity (Wildman–Crippen MR) is 345 cm³/mol. The molecule has 6 aliphatic rings. The standard InChI is InChI=1S/C71H114O25/c1-10-12-14-15-16-17-20-23-31-37-49(73)91-65-64(96-67-55(79)53(77)51(75)41(5)83-67)60(93-68-56(80)61(58(43(7)85-68)92-66(82)40(3)4)90-50(74)39-38-46-32-27-25-28-33-46)45(9)87-71(65)94-59-44(8)86-69-57(81)62(59)89-48(72)36-30-24-21-18-19-22-29-35-47(34-26-13-11-2)88-70-63(95-69)54(78)52(76)42(6)84-70/h25,27-28,32-33,38-45,47,51-65,67-71,75-81H,10-24,26,29-31,34-37H2,1-9H3/b39-38+/t41-,42+,43-,44-,45-,47-,51-,52-,53+,54-,55+,56+,57+,58-,59-,60-,61-,62-,63+,64+,65+,67-,68-,69-,70-,71-/m0/s1. The molecule has 1 aromatic carbocycles. The SMILES string of the molecule is CCCCCCCCCCCC(=O)O[C@H]1[C@H](O[C@@H]2[C@H]3OC(=O)CCCCCCCCC[C@H](CCCCC)O[C@@H]4O[C@H](C)[C@H](O)[C@H](O)[C@H]4O[C@H](O[C@H]2C)[C@@H]3O)O[C@@H](C)[C@H](O[C@@H]2O[C@@H](C)[C@H](OC(=O)C(C)C)[C@@H](OC(=O)/C=C/c3ccccc3)[C@H]2O)[C@H]1O[C@@H]1O[C@@H](C)[C@H](O)[C@@H](O)[C@H]1O. The Bertz CT molecular complexity index is 2470. The van der Waals surface area contributed by atoms with Gasteiger partial charge in [0.25, 0.3) is 0 Å². The van der Waals surface area contributed by atoms with E-state index in [1.54, 1.807) is 52.0 Å². The maximum Gasteiger partial charge on any atom is 0.331 e. The smallest absolute Gasteiger partial charge is 0.331 e. The number of esters is 4. The van der Waals surface area contributed by atoms with Crippen molar-refractivity contribution in [2.24, 2.45) is 5.92 Å². The van der Waals surface area contributed by atoms with Gasteiger partial charge in [-0.1, -0.05) is 167 Å². The lowest BCUT2D eigenvalue weighted by Crippen LogP contribution is -2.68. The molecule has 7 rings (SSSR count). The molecule has 25 nitrogen and oxygen atoms in total. The van der Waals surface area contributed by atoms with E-state index in [-0.39, 0.29) is 18.9 Å². The van der Waals surface area contributed by atoms with E-state index in [0.29, 0.717) is 37.7 Å². The molecule has 0 unspecified atom stereocenters. The highest BCUT2D eigenvalue weighted by atomic mass is 16.8. The van der Waals surface area contributed by atoms with Gasteiger partial charge >= 0.3 is 23.9 Å². The minimum Gasteiger partial charge on any atom is -0.456 e. The number of benzene rings is 1. The van der Waals surface area contributed by atoms with Gasteiger partial charge in [-0.05, 0) is 71.9 Å². The first-order valence-electron chi connectivity index (χ1n) is 35.9. The zero-order valence-corrected chi connectivity index (χ0v) is 57.9. The van der Waals surface area contributed by atoms with Crippen LogP contribution in [0.25, 0.3) is 6.08 Å².